The fourth-order valence-electron chi connectivity index (χ4n) is 4.43. The van der Waals surface area contributed by atoms with Gasteiger partial charge in [0, 0.05) is 33.3 Å². The molecule has 0 radical (unpaired) electrons. The van der Waals surface area contributed by atoms with Gasteiger partial charge in [-0.25, -0.2) is 4.52 Å². The molecule has 0 amide bonds. The van der Waals surface area contributed by atoms with Crippen LogP contribution in [0.15, 0.2) is 58.7 Å². The van der Waals surface area contributed by atoms with Crippen LogP contribution >= 0.6 is 11.8 Å². The van der Waals surface area contributed by atoms with Gasteiger partial charge in [0.25, 0.3) is 0 Å². The van der Waals surface area contributed by atoms with E-state index < -0.39 is 0 Å². The van der Waals surface area contributed by atoms with Crippen LogP contribution in [0, 0.1) is 29.6 Å². The Morgan fingerprint density at radius 3 is 2.55 bits per heavy atom. The first-order chi connectivity index (χ1) is 16.1. The molecule has 0 atom stereocenters. The summed E-state index contributed by atoms with van der Waals surface area (Å²) in [6.07, 6.45) is 8.80. The molecule has 5 rings (SSSR count). The minimum atomic E-state index is -0.204. The van der Waals surface area contributed by atoms with Crippen molar-refractivity contribution in [3.05, 3.63) is 65.7 Å². The van der Waals surface area contributed by atoms with Crippen LogP contribution < -0.4 is 0 Å². The smallest absolute Gasteiger partial charge is 0.103 e. The van der Waals surface area contributed by atoms with Crippen LogP contribution in [0.5, 0.6) is 0 Å². The standard InChI is InChI=1S/C25H22N6OS/c1-16-22(15-30(29-16)20-6-8-21(32)9-7-20)18-10-24(25-19(12-27)13-28-31(25)14-18)33-23-5-3-2-4-17(23)11-26/h2-5,10,13-15,20-21,32H,6-9H2,1H3. The highest BCUT2D eigenvalue weighted by Gasteiger charge is 2.23. The number of nitriles is 2. The highest BCUT2D eigenvalue weighted by Crippen LogP contribution is 2.38. The molecular formula is C25H22N6OS. The molecular weight excluding hydrogens is 432 g/mol. The number of fused-ring (bicyclic) bond motifs is 1. The lowest BCUT2D eigenvalue weighted by molar-refractivity contribution is 0.108. The summed E-state index contributed by atoms with van der Waals surface area (Å²) >= 11 is 1.46. The van der Waals surface area contributed by atoms with E-state index in [0.717, 1.165) is 57.8 Å². The van der Waals surface area contributed by atoms with Gasteiger partial charge in [0.15, 0.2) is 0 Å². The van der Waals surface area contributed by atoms with Crippen molar-refractivity contribution < 1.29 is 5.11 Å². The third-order valence-electron chi connectivity index (χ3n) is 6.19. The summed E-state index contributed by atoms with van der Waals surface area (Å²) in [6, 6.07) is 14.3. The van der Waals surface area contributed by atoms with Crippen LogP contribution in [-0.2, 0) is 0 Å². The summed E-state index contributed by atoms with van der Waals surface area (Å²) in [4.78, 5) is 1.69. The summed E-state index contributed by atoms with van der Waals surface area (Å²) in [5.41, 5.74) is 4.69. The third-order valence-corrected chi connectivity index (χ3v) is 7.30. The molecule has 1 N–H and O–H groups in total. The molecule has 1 aliphatic carbocycles. The molecule has 1 saturated carbocycles. The second kappa shape index (κ2) is 8.74. The molecule has 0 spiro atoms. The van der Waals surface area contributed by atoms with Gasteiger partial charge in [0.2, 0.25) is 0 Å². The molecule has 8 heteroatoms. The van der Waals surface area contributed by atoms with E-state index in [9.17, 15) is 15.6 Å². The highest BCUT2D eigenvalue weighted by molar-refractivity contribution is 7.99. The first kappa shape index (κ1) is 21.3. The minimum Gasteiger partial charge on any atom is -0.393 e. The Bertz CT molecular complexity index is 1420. The number of aromatic nitrogens is 4. The third kappa shape index (κ3) is 4.00. The van der Waals surface area contributed by atoms with Crippen LogP contribution in [0.25, 0.3) is 16.6 Å². The van der Waals surface area contributed by atoms with Gasteiger partial charge in [0.1, 0.15) is 12.1 Å². The monoisotopic (exact) mass is 454 g/mol. The van der Waals surface area contributed by atoms with E-state index in [4.69, 9.17) is 5.10 Å². The van der Waals surface area contributed by atoms with Crippen LogP contribution in [-0.4, -0.2) is 30.6 Å². The fraction of sp³-hybridized carbons (Fsp3) is 0.280. The summed E-state index contributed by atoms with van der Waals surface area (Å²) in [5.74, 6) is 0. The summed E-state index contributed by atoms with van der Waals surface area (Å²) < 4.78 is 3.77. The van der Waals surface area contributed by atoms with Crippen LogP contribution in [0.1, 0.15) is 48.5 Å². The SMILES string of the molecule is Cc1nn(C2CCC(O)CC2)cc1-c1cc(Sc2ccccc2C#N)c2c(C#N)cnn2c1. The lowest BCUT2D eigenvalue weighted by Crippen LogP contribution is -2.21. The van der Waals surface area contributed by atoms with E-state index in [2.05, 4.69) is 29.5 Å². The normalized spacial score (nSPS) is 18.2. The summed E-state index contributed by atoms with van der Waals surface area (Å²) in [6.45, 7) is 2.00. The second-order valence-electron chi connectivity index (χ2n) is 8.34. The predicted octanol–water partition coefficient (Wildman–Crippen LogP) is 4.88. The minimum absolute atomic E-state index is 0.204. The number of aliphatic hydroxyl groups excluding tert-OH is 1. The topological polar surface area (TPSA) is 103 Å². The Hall–Kier alpha value is -3.59. The van der Waals surface area contributed by atoms with E-state index in [0.29, 0.717) is 11.1 Å². The average Bonchev–Trinajstić information content (AvgIpc) is 3.43. The van der Waals surface area contributed by atoms with E-state index in [1.54, 1.807) is 16.8 Å². The molecule has 1 aliphatic rings. The van der Waals surface area contributed by atoms with Gasteiger partial charge in [-0.05, 0) is 50.8 Å². The first-order valence-electron chi connectivity index (χ1n) is 10.9. The molecule has 0 aliphatic heterocycles. The largest absolute Gasteiger partial charge is 0.393 e. The van der Waals surface area contributed by atoms with Gasteiger partial charge < -0.3 is 5.11 Å². The Balaban J connectivity index is 1.59. The van der Waals surface area contributed by atoms with Crippen molar-refractivity contribution in [2.24, 2.45) is 0 Å². The van der Waals surface area contributed by atoms with Crippen LogP contribution in [0.2, 0.25) is 0 Å². The Morgan fingerprint density at radius 2 is 1.79 bits per heavy atom. The molecule has 0 bridgehead atoms. The number of hydrogen-bond donors (Lipinski definition) is 1. The Labute approximate surface area is 195 Å². The molecule has 4 aromatic rings. The molecule has 0 unspecified atom stereocenters. The van der Waals surface area contributed by atoms with Crippen molar-refractivity contribution in [3.63, 3.8) is 0 Å². The number of nitrogens with zero attached hydrogens (tertiary/aromatic N) is 6. The maximum atomic E-state index is 9.84. The molecule has 3 aromatic heterocycles. The van der Waals surface area contributed by atoms with Gasteiger partial charge in [-0.3, -0.25) is 4.68 Å². The maximum absolute atomic E-state index is 9.84. The number of pyridine rings is 1. The number of hydrogen-bond acceptors (Lipinski definition) is 6. The number of aryl methyl sites for hydroxylation is 1. The van der Waals surface area contributed by atoms with Crippen LogP contribution in [0.4, 0.5) is 0 Å². The van der Waals surface area contributed by atoms with Crippen LogP contribution in [0.3, 0.4) is 0 Å². The predicted molar refractivity (Wildman–Crippen MR) is 125 cm³/mol. The second-order valence-corrected chi connectivity index (χ2v) is 9.42. The van der Waals surface area contributed by atoms with Crippen molar-refractivity contribution in [2.75, 3.05) is 0 Å². The zero-order chi connectivity index (χ0) is 22.9. The lowest BCUT2D eigenvalue weighted by atomic mass is 9.93. The van der Waals surface area contributed by atoms with Crippen molar-refractivity contribution in [3.8, 4) is 23.3 Å². The molecule has 33 heavy (non-hydrogen) atoms. The maximum Gasteiger partial charge on any atom is 0.103 e. The molecule has 3 heterocycles. The Kier molecular flexibility index (Phi) is 5.63. The van der Waals surface area contributed by atoms with Gasteiger partial charge in [0.05, 0.1) is 40.7 Å². The summed E-state index contributed by atoms with van der Waals surface area (Å²) in [7, 11) is 0. The number of benzene rings is 1. The van der Waals surface area contributed by atoms with Crippen molar-refractivity contribution in [2.45, 2.75) is 54.5 Å². The molecule has 1 aromatic carbocycles. The molecule has 164 valence electrons. The van der Waals surface area contributed by atoms with E-state index in [-0.39, 0.29) is 12.1 Å². The quantitative estimate of drug-likeness (QED) is 0.472. The fourth-order valence-corrected chi connectivity index (χ4v) is 5.53. The van der Waals surface area contributed by atoms with Crippen molar-refractivity contribution in [1.29, 1.82) is 10.5 Å². The van der Waals surface area contributed by atoms with Gasteiger partial charge in [-0.1, -0.05) is 23.9 Å². The molecule has 1 fully saturated rings. The molecule has 0 saturated heterocycles. The van der Waals surface area contributed by atoms with Gasteiger partial charge in [-0.15, -0.1) is 0 Å². The summed E-state index contributed by atoms with van der Waals surface area (Å²) in [5, 5.41) is 38.2. The zero-order valence-corrected chi connectivity index (χ0v) is 19.0. The van der Waals surface area contributed by atoms with Gasteiger partial charge >= 0.3 is 0 Å². The Morgan fingerprint density at radius 1 is 1.03 bits per heavy atom. The van der Waals surface area contributed by atoms with Crippen molar-refractivity contribution >= 4 is 17.3 Å². The van der Waals surface area contributed by atoms with Crippen molar-refractivity contribution in [1.82, 2.24) is 19.4 Å². The zero-order valence-electron chi connectivity index (χ0n) is 18.1. The van der Waals surface area contributed by atoms with E-state index in [1.165, 1.54) is 11.8 Å². The first-order valence-corrected chi connectivity index (χ1v) is 11.7. The highest BCUT2D eigenvalue weighted by atomic mass is 32.2. The van der Waals surface area contributed by atoms with E-state index in [1.807, 2.05) is 36.0 Å². The number of rotatable bonds is 4. The van der Waals surface area contributed by atoms with E-state index >= 15 is 0 Å². The molecule has 7 nitrogen and oxygen atoms in total. The number of aliphatic hydroxyl groups is 1. The lowest BCUT2D eigenvalue weighted by Gasteiger charge is -2.25. The average molecular weight is 455 g/mol. The van der Waals surface area contributed by atoms with Gasteiger partial charge in [-0.2, -0.15) is 20.7 Å².